The molecule has 0 aliphatic carbocycles. The van der Waals surface area contributed by atoms with Crippen molar-refractivity contribution >= 4 is 33.2 Å². The van der Waals surface area contributed by atoms with E-state index in [-0.39, 0.29) is 5.56 Å². The minimum atomic E-state index is -0.450. The first-order valence-corrected chi connectivity index (χ1v) is 6.92. The summed E-state index contributed by atoms with van der Waals surface area (Å²) in [7, 11) is 1.50. The van der Waals surface area contributed by atoms with Crippen molar-refractivity contribution in [3.8, 4) is 5.75 Å². The molecule has 2 aromatic rings. The van der Waals surface area contributed by atoms with Crippen molar-refractivity contribution in [3.63, 3.8) is 0 Å². The second kappa shape index (κ2) is 6.13. The topological polar surface area (TPSA) is 64.3 Å². The van der Waals surface area contributed by atoms with Crippen molar-refractivity contribution in [2.75, 3.05) is 18.2 Å². The summed E-state index contributed by atoms with van der Waals surface area (Å²) >= 11 is 3.10. The molecule has 0 unspecified atom stereocenters. The Morgan fingerprint density at radius 1 is 1.33 bits per heavy atom. The Balaban J connectivity index is 2.32. The molecule has 0 atom stereocenters. The quantitative estimate of drug-likeness (QED) is 0.827. The van der Waals surface area contributed by atoms with Gasteiger partial charge < -0.3 is 15.8 Å². The summed E-state index contributed by atoms with van der Waals surface area (Å²) in [5.41, 5.74) is 7.52. The minimum absolute atomic E-state index is 0.275. The number of benzene rings is 2. The van der Waals surface area contributed by atoms with E-state index in [9.17, 15) is 9.18 Å². The molecule has 0 saturated carbocycles. The normalized spacial score (nSPS) is 10.3. The monoisotopic (exact) mass is 352 g/mol. The van der Waals surface area contributed by atoms with Gasteiger partial charge in [0.05, 0.1) is 17.1 Å². The number of hydrogen-bond acceptors (Lipinski definition) is 3. The zero-order valence-electron chi connectivity index (χ0n) is 11.5. The number of ether oxygens (including phenoxy) is 1. The van der Waals surface area contributed by atoms with Crippen LogP contribution in [0.3, 0.4) is 0 Å². The van der Waals surface area contributed by atoms with E-state index in [4.69, 9.17) is 10.5 Å². The molecule has 110 valence electrons. The lowest BCUT2D eigenvalue weighted by Gasteiger charge is -2.11. The van der Waals surface area contributed by atoms with E-state index < -0.39 is 11.7 Å². The average Bonchev–Trinajstić information content (AvgIpc) is 2.45. The molecule has 0 saturated heterocycles. The van der Waals surface area contributed by atoms with E-state index in [1.165, 1.54) is 19.2 Å². The predicted molar refractivity (Wildman–Crippen MR) is 84.2 cm³/mol. The smallest absolute Gasteiger partial charge is 0.257 e. The van der Waals surface area contributed by atoms with E-state index in [1.807, 2.05) is 0 Å². The Morgan fingerprint density at radius 3 is 2.71 bits per heavy atom. The maximum absolute atomic E-state index is 13.6. The van der Waals surface area contributed by atoms with Gasteiger partial charge in [0.1, 0.15) is 11.6 Å². The molecule has 0 bridgehead atoms. The third-order valence-corrected chi connectivity index (χ3v) is 3.63. The SMILES string of the molecule is COc1ccc(N)c(C(=O)Nc2cc(F)c(Br)cc2C)c1. The molecule has 6 heteroatoms. The molecule has 21 heavy (non-hydrogen) atoms. The van der Waals surface area contributed by atoms with E-state index in [0.29, 0.717) is 21.6 Å². The van der Waals surface area contributed by atoms with Gasteiger partial charge in [0.2, 0.25) is 0 Å². The Hall–Kier alpha value is -2.08. The molecule has 0 radical (unpaired) electrons. The highest BCUT2D eigenvalue weighted by Crippen LogP contribution is 2.26. The number of carbonyl (C=O) groups excluding carboxylic acids is 1. The summed E-state index contributed by atoms with van der Waals surface area (Å²) in [5, 5.41) is 2.65. The number of nitrogens with two attached hydrogens (primary N) is 1. The fraction of sp³-hybridized carbons (Fsp3) is 0.133. The van der Waals surface area contributed by atoms with Gasteiger partial charge in [-0.2, -0.15) is 0 Å². The van der Waals surface area contributed by atoms with Crippen LogP contribution in [0.1, 0.15) is 15.9 Å². The fourth-order valence-electron chi connectivity index (χ4n) is 1.83. The standard InChI is InChI=1S/C15H14BrFN2O2/c1-8-5-11(16)12(17)7-14(8)19-15(20)10-6-9(21-2)3-4-13(10)18/h3-7H,18H2,1-2H3,(H,19,20). The van der Waals surface area contributed by atoms with Crippen molar-refractivity contribution in [1.82, 2.24) is 0 Å². The van der Waals surface area contributed by atoms with Gasteiger partial charge in [-0.15, -0.1) is 0 Å². The summed E-state index contributed by atoms with van der Waals surface area (Å²) in [6.45, 7) is 1.77. The summed E-state index contributed by atoms with van der Waals surface area (Å²) in [6.07, 6.45) is 0. The first-order valence-electron chi connectivity index (χ1n) is 6.13. The van der Waals surface area contributed by atoms with Crippen LogP contribution in [-0.2, 0) is 0 Å². The fourth-order valence-corrected chi connectivity index (χ4v) is 2.29. The molecule has 2 rings (SSSR count). The number of carbonyl (C=O) groups is 1. The molecule has 0 aliphatic rings. The molecule has 1 amide bonds. The average molecular weight is 353 g/mol. The number of methoxy groups -OCH3 is 1. The lowest BCUT2D eigenvalue weighted by Crippen LogP contribution is -2.15. The highest BCUT2D eigenvalue weighted by molar-refractivity contribution is 9.10. The number of halogens is 2. The van der Waals surface area contributed by atoms with Crippen LogP contribution < -0.4 is 15.8 Å². The lowest BCUT2D eigenvalue weighted by molar-refractivity contribution is 0.102. The van der Waals surface area contributed by atoms with Gasteiger partial charge in [0, 0.05) is 11.4 Å². The summed E-state index contributed by atoms with van der Waals surface area (Å²) in [4.78, 5) is 12.3. The van der Waals surface area contributed by atoms with Gasteiger partial charge in [-0.05, 0) is 58.7 Å². The van der Waals surface area contributed by atoms with Crippen LogP contribution >= 0.6 is 15.9 Å². The summed E-state index contributed by atoms with van der Waals surface area (Å²) in [6, 6.07) is 7.64. The van der Waals surface area contributed by atoms with Gasteiger partial charge in [0.15, 0.2) is 0 Å². The summed E-state index contributed by atoms with van der Waals surface area (Å²) < 4.78 is 19.0. The van der Waals surface area contributed by atoms with Gasteiger partial charge in [-0.25, -0.2) is 4.39 Å². The van der Waals surface area contributed by atoms with Crippen LogP contribution in [0, 0.1) is 12.7 Å². The molecule has 4 nitrogen and oxygen atoms in total. The third-order valence-electron chi connectivity index (χ3n) is 3.02. The molecule has 2 aromatic carbocycles. The maximum Gasteiger partial charge on any atom is 0.257 e. The minimum Gasteiger partial charge on any atom is -0.497 e. The van der Waals surface area contributed by atoms with Gasteiger partial charge in [0.25, 0.3) is 5.91 Å². The largest absolute Gasteiger partial charge is 0.497 e. The van der Waals surface area contributed by atoms with Gasteiger partial charge in [-0.3, -0.25) is 4.79 Å². The molecule has 0 aliphatic heterocycles. The van der Waals surface area contributed by atoms with Gasteiger partial charge in [-0.1, -0.05) is 0 Å². The van der Waals surface area contributed by atoms with Crippen molar-refractivity contribution < 1.29 is 13.9 Å². The molecule has 0 aromatic heterocycles. The van der Waals surface area contributed by atoms with Crippen molar-refractivity contribution in [2.24, 2.45) is 0 Å². The number of hydrogen-bond donors (Lipinski definition) is 2. The van der Waals surface area contributed by atoms with Crippen LogP contribution in [0.4, 0.5) is 15.8 Å². The number of anilines is 2. The van der Waals surface area contributed by atoms with Crippen LogP contribution in [0.15, 0.2) is 34.8 Å². The second-order valence-electron chi connectivity index (χ2n) is 4.49. The highest BCUT2D eigenvalue weighted by Gasteiger charge is 2.14. The molecule has 0 spiro atoms. The Kier molecular flexibility index (Phi) is 4.47. The van der Waals surface area contributed by atoms with E-state index in [2.05, 4.69) is 21.2 Å². The Labute approximate surface area is 130 Å². The number of nitrogen functional groups attached to an aromatic ring is 1. The highest BCUT2D eigenvalue weighted by atomic mass is 79.9. The van der Waals surface area contributed by atoms with Crippen LogP contribution in [0.25, 0.3) is 0 Å². The predicted octanol–water partition coefficient (Wildman–Crippen LogP) is 3.74. The number of rotatable bonds is 3. The second-order valence-corrected chi connectivity index (χ2v) is 5.34. The molecular formula is C15H14BrFN2O2. The van der Waals surface area contributed by atoms with E-state index in [1.54, 1.807) is 25.1 Å². The molecule has 0 fully saturated rings. The van der Waals surface area contributed by atoms with E-state index in [0.717, 1.165) is 5.56 Å². The Morgan fingerprint density at radius 2 is 2.05 bits per heavy atom. The van der Waals surface area contributed by atoms with Gasteiger partial charge >= 0.3 is 0 Å². The van der Waals surface area contributed by atoms with Crippen molar-refractivity contribution in [2.45, 2.75) is 6.92 Å². The maximum atomic E-state index is 13.6. The lowest BCUT2D eigenvalue weighted by atomic mass is 10.1. The zero-order valence-corrected chi connectivity index (χ0v) is 13.1. The third kappa shape index (κ3) is 3.33. The summed E-state index contributed by atoms with van der Waals surface area (Å²) in [5.74, 6) is -0.348. The van der Waals surface area contributed by atoms with Crippen LogP contribution in [-0.4, -0.2) is 13.0 Å². The zero-order chi connectivity index (χ0) is 15.6. The van der Waals surface area contributed by atoms with E-state index >= 15 is 0 Å². The van der Waals surface area contributed by atoms with Crippen LogP contribution in [0.2, 0.25) is 0 Å². The first-order chi connectivity index (χ1) is 9.92. The number of amides is 1. The molecule has 0 heterocycles. The number of nitrogens with one attached hydrogen (secondary N) is 1. The Bertz CT molecular complexity index is 704. The van der Waals surface area contributed by atoms with Crippen LogP contribution in [0.5, 0.6) is 5.75 Å². The van der Waals surface area contributed by atoms with Crippen molar-refractivity contribution in [3.05, 3.63) is 51.7 Å². The molecule has 3 N–H and O–H groups in total. The first kappa shape index (κ1) is 15.3. The number of aryl methyl sites for hydroxylation is 1. The molecular weight excluding hydrogens is 339 g/mol. The van der Waals surface area contributed by atoms with Crippen molar-refractivity contribution in [1.29, 1.82) is 0 Å².